The molecule has 0 aliphatic carbocycles. The lowest BCUT2D eigenvalue weighted by atomic mass is 10.1. The molecule has 2 aliphatic rings. The predicted molar refractivity (Wildman–Crippen MR) is 188 cm³/mol. The van der Waals surface area contributed by atoms with Crippen molar-refractivity contribution < 1.29 is 48.3 Å². The smallest absolute Gasteiger partial charge is 0.321 e. The Balaban J connectivity index is 2.26. The maximum absolute atomic E-state index is 14.0. The number of likely N-dealkylation sites (tertiary alicyclic amines) is 1. The predicted octanol–water partition coefficient (Wildman–Crippen LogP) is -5.97. The molecule has 16 N–H and O–H groups in total. The minimum atomic E-state index is -1.54. The minimum Gasteiger partial charge on any atom is -0.480 e. The van der Waals surface area contributed by atoms with Gasteiger partial charge in [-0.2, -0.15) is 0 Å². The van der Waals surface area contributed by atoms with Gasteiger partial charge in [-0.3, -0.25) is 48.1 Å². The molecule has 8 amide bonds. The van der Waals surface area contributed by atoms with Gasteiger partial charge >= 0.3 is 5.97 Å². The van der Waals surface area contributed by atoms with Crippen LogP contribution in [0.15, 0.2) is 4.99 Å². The average molecular weight is 778 g/mol. The van der Waals surface area contributed by atoms with E-state index in [-0.39, 0.29) is 68.6 Å². The van der Waals surface area contributed by atoms with E-state index >= 15 is 0 Å². The zero-order valence-corrected chi connectivity index (χ0v) is 29.8. The molecule has 6 atom stereocenters. The fourth-order valence-electron chi connectivity index (χ4n) is 5.09. The third-order valence-corrected chi connectivity index (χ3v) is 10.1. The van der Waals surface area contributed by atoms with E-state index in [1.165, 1.54) is 4.90 Å². The van der Waals surface area contributed by atoms with Crippen LogP contribution in [0.1, 0.15) is 44.9 Å². The highest BCUT2D eigenvalue weighted by Gasteiger charge is 2.40. The highest BCUT2D eigenvalue weighted by molar-refractivity contribution is 8.76. The zero-order chi connectivity index (χ0) is 39.0. The molecule has 0 aromatic carbocycles. The second-order valence-corrected chi connectivity index (χ2v) is 14.4. The number of aliphatic carboxylic acids is 1. The molecule has 2 heterocycles. The molecule has 0 spiro atoms. The van der Waals surface area contributed by atoms with Gasteiger partial charge in [0.05, 0.1) is 13.0 Å². The monoisotopic (exact) mass is 777 g/mol. The molecule has 2 rings (SSSR count). The van der Waals surface area contributed by atoms with E-state index in [1.807, 2.05) is 0 Å². The first-order valence-corrected chi connectivity index (χ1v) is 18.6. The average Bonchev–Trinajstić information content (AvgIpc) is 3.74. The molecule has 0 saturated carbocycles. The highest BCUT2D eigenvalue weighted by Crippen LogP contribution is 2.25. The summed E-state index contributed by atoms with van der Waals surface area (Å²) >= 11 is 0. The molecule has 0 aromatic heterocycles. The summed E-state index contributed by atoms with van der Waals surface area (Å²) in [4.78, 5) is 118. The number of nitrogens with zero attached hydrogens (tertiary/aromatic N) is 2. The molecular weight excluding hydrogens is 731 g/mol. The van der Waals surface area contributed by atoms with Crippen molar-refractivity contribution in [2.24, 2.45) is 33.7 Å². The van der Waals surface area contributed by atoms with Crippen molar-refractivity contribution in [3.8, 4) is 0 Å². The molecule has 2 fully saturated rings. The van der Waals surface area contributed by atoms with E-state index in [4.69, 9.17) is 33.8 Å². The summed E-state index contributed by atoms with van der Waals surface area (Å²) in [7, 11) is 2.02. The number of carbonyl (C=O) groups excluding carboxylic acids is 8. The van der Waals surface area contributed by atoms with E-state index in [2.05, 4.69) is 31.6 Å². The van der Waals surface area contributed by atoms with Crippen LogP contribution in [0.25, 0.3) is 0 Å². The number of guanidine groups is 1. The lowest BCUT2D eigenvalue weighted by Gasteiger charge is -2.30. The molecule has 2 saturated heterocycles. The summed E-state index contributed by atoms with van der Waals surface area (Å²) < 4.78 is 0. The van der Waals surface area contributed by atoms with Gasteiger partial charge < -0.3 is 65.3 Å². The van der Waals surface area contributed by atoms with Crippen LogP contribution in [0, 0.1) is 0 Å². The Morgan fingerprint density at radius 1 is 0.942 bits per heavy atom. The first-order valence-electron chi connectivity index (χ1n) is 16.1. The van der Waals surface area contributed by atoms with Crippen LogP contribution < -0.4 is 55.3 Å². The first-order chi connectivity index (χ1) is 24.5. The van der Waals surface area contributed by atoms with E-state index < -0.39 is 96.5 Å². The Morgan fingerprint density at radius 3 is 2.23 bits per heavy atom. The van der Waals surface area contributed by atoms with Crippen molar-refractivity contribution in [1.29, 1.82) is 0 Å². The fourth-order valence-corrected chi connectivity index (χ4v) is 7.36. The number of amides is 8. The Labute approximate surface area is 306 Å². The summed E-state index contributed by atoms with van der Waals surface area (Å²) in [5, 5.41) is 21.4. The standard InChI is InChI=1S/C28H46N12O10S2/c29-13(27(49)50)11-51-52-12-17(39-24(46)16(9-19(30)41)38-23(45)15-5-6-21(43)36-15)26(48)40-8-2-4-18(40)25(47)37-14(3-1-7-34-28(32)33)22(44)35-10-20(31)42/h13-18H,1-12,29H2,(H2,30,41)(H2,31,42)(H,35,44)(H,36,43)(H,37,47)(H,38,45)(H,39,46)(H,49,50)(H4,32,33,34)/t13-,14-,15-,16-,17-,18-/m0/s1/i51+3. The van der Waals surface area contributed by atoms with E-state index in [1.54, 1.807) is 0 Å². The van der Waals surface area contributed by atoms with Crippen molar-refractivity contribution in [1.82, 2.24) is 31.5 Å². The molecule has 0 aromatic rings. The number of hydrogen-bond acceptors (Lipinski definition) is 13. The summed E-state index contributed by atoms with van der Waals surface area (Å²) in [5.41, 5.74) is 26.7. The molecule has 0 unspecified atom stereocenters. The largest absolute Gasteiger partial charge is 0.480 e. The maximum atomic E-state index is 14.0. The quantitative estimate of drug-likeness (QED) is 0.0211. The second kappa shape index (κ2) is 21.5. The lowest BCUT2D eigenvalue weighted by molar-refractivity contribution is -0.142. The SMILES string of the molecule is NC(=O)CNC(=O)[C@H](CCCN=C(N)N)NC(=O)[C@@H]1CCCN1C(=O)[C@H](CS[35S]C[C@H](N)C(=O)O)NC(=O)[C@H](CC(N)=O)NC(=O)[C@@H]1CCC(=O)N1. The van der Waals surface area contributed by atoms with Crippen LogP contribution >= 0.6 is 21.6 Å². The Kier molecular flexibility index (Phi) is 17.9. The Morgan fingerprint density at radius 2 is 1.63 bits per heavy atom. The number of nitrogens with one attached hydrogen (secondary N) is 5. The molecule has 2 aliphatic heterocycles. The molecule has 24 heteroatoms. The van der Waals surface area contributed by atoms with E-state index in [9.17, 15) is 43.2 Å². The fraction of sp³-hybridized carbons (Fsp3) is 0.643. The van der Waals surface area contributed by atoms with Crippen LogP contribution in [0.2, 0.25) is 0 Å². The number of carboxylic acids is 1. The lowest BCUT2D eigenvalue weighted by Crippen LogP contribution is -2.59. The number of carboxylic acid groups (broad SMARTS) is 1. The Bertz CT molecular complexity index is 1400. The minimum absolute atomic E-state index is 0.0519. The molecule has 22 nitrogen and oxygen atoms in total. The van der Waals surface area contributed by atoms with Gasteiger partial charge in [-0.05, 0) is 32.1 Å². The van der Waals surface area contributed by atoms with Crippen LogP contribution in [0.4, 0.5) is 0 Å². The third kappa shape index (κ3) is 14.8. The van der Waals surface area contributed by atoms with E-state index in [0.717, 1.165) is 21.6 Å². The van der Waals surface area contributed by atoms with E-state index in [0.29, 0.717) is 6.42 Å². The van der Waals surface area contributed by atoms with Crippen molar-refractivity contribution in [2.45, 2.75) is 81.2 Å². The number of primary amides is 2. The second-order valence-electron chi connectivity index (χ2n) is 11.8. The number of hydrogen-bond donors (Lipinski definition) is 11. The van der Waals surface area contributed by atoms with Gasteiger partial charge in [0.2, 0.25) is 47.3 Å². The Hall–Kier alpha value is -4.84. The summed E-state index contributed by atoms with van der Waals surface area (Å²) in [6.45, 7) is -0.280. The normalized spacial score (nSPS) is 18.9. The van der Waals surface area contributed by atoms with Crippen LogP contribution in [0.3, 0.4) is 0 Å². The van der Waals surface area contributed by atoms with Gasteiger partial charge in [0, 0.05) is 31.0 Å². The van der Waals surface area contributed by atoms with Crippen LogP contribution in [-0.4, -0.2) is 137 Å². The highest BCUT2D eigenvalue weighted by atomic mass is 35.3. The van der Waals surface area contributed by atoms with Gasteiger partial charge in [-0.15, -0.1) is 0 Å². The molecule has 52 heavy (non-hydrogen) atoms. The first kappa shape index (κ1) is 43.3. The van der Waals surface area contributed by atoms with Crippen molar-refractivity contribution in [3.05, 3.63) is 0 Å². The van der Waals surface area contributed by atoms with Gasteiger partial charge in [0.1, 0.15) is 36.3 Å². The number of aliphatic imine (C=N–C) groups is 1. The molecular formula is C28H46N12O10S2. The summed E-state index contributed by atoms with van der Waals surface area (Å²) in [6.07, 6.45) is 0.461. The van der Waals surface area contributed by atoms with Crippen molar-refractivity contribution in [2.75, 3.05) is 31.1 Å². The zero-order valence-electron chi connectivity index (χ0n) is 28.2. The van der Waals surface area contributed by atoms with Gasteiger partial charge in [0.25, 0.3) is 0 Å². The number of carbonyl (C=O) groups is 9. The summed E-state index contributed by atoms with van der Waals surface area (Å²) in [6, 6.07) is -7.33. The van der Waals surface area contributed by atoms with Gasteiger partial charge in [-0.25, -0.2) is 0 Å². The molecule has 0 bridgehead atoms. The molecule has 290 valence electrons. The van der Waals surface area contributed by atoms with Crippen molar-refractivity contribution >= 4 is 80.8 Å². The van der Waals surface area contributed by atoms with Gasteiger partial charge in [-0.1, -0.05) is 21.6 Å². The third-order valence-electron chi connectivity index (χ3n) is 7.70. The van der Waals surface area contributed by atoms with Crippen molar-refractivity contribution in [3.63, 3.8) is 0 Å². The maximum Gasteiger partial charge on any atom is 0.321 e. The summed E-state index contributed by atoms with van der Waals surface area (Å²) in [5.74, 6) is -7.63. The number of rotatable bonds is 22. The molecule has 0 radical (unpaired) electrons. The van der Waals surface area contributed by atoms with Crippen LogP contribution in [0.5, 0.6) is 0 Å². The van der Waals surface area contributed by atoms with Gasteiger partial charge in [0.15, 0.2) is 5.96 Å². The topological polar surface area (TPSA) is 380 Å². The number of nitrogens with two attached hydrogens (primary N) is 5. The van der Waals surface area contributed by atoms with Crippen LogP contribution in [-0.2, 0) is 43.2 Å².